The van der Waals surface area contributed by atoms with Crippen LogP contribution in [-0.2, 0) is 14.3 Å². The average Bonchev–Trinajstić information content (AvgIpc) is 2.20. The fourth-order valence-electron chi connectivity index (χ4n) is 2.76. The van der Waals surface area contributed by atoms with Gasteiger partial charge in [0, 0.05) is 19.6 Å². The van der Waals surface area contributed by atoms with Crippen molar-refractivity contribution < 1.29 is 14.3 Å². The lowest BCUT2D eigenvalue weighted by Crippen LogP contribution is -2.60. The highest BCUT2D eigenvalue weighted by atomic mass is 16.5. The molecule has 1 saturated heterocycles. The van der Waals surface area contributed by atoms with Crippen LogP contribution in [0.5, 0.6) is 0 Å². The summed E-state index contributed by atoms with van der Waals surface area (Å²) in [6.45, 7) is 10.6. The molecule has 1 rings (SSSR count). The van der Waals surface area contributed by atoms with E-state index >= 15 is 0 Å². The van der Waals surface area contributed by atoms with Gasteiger partial charge in [-0.2, -0.15) is 0 Å². The van der Waals surface area contributed by atoms with E-state index in [0.717, 1.165) is 13.1 Å². The number of carbonyl (C=O) groups excluding carboxylic acids is 1. The summed E-state index contributed by atoms with van der Waals surface area (Å²) in [6, 6.07) is -0.292. The number of ether oxygens (including phenoxy) is 2. The number of carbonyl (C=O) groups is 1. The molecule has 5 heteroatoms. The van der Waals surface area contributed by atoms with Gasteiger partial charge in [-0.3, -0.25) is 9.69 Å². The monoisotopic (exact) mass is 258 g/mol. The number of nitrogens with zero attached hydrogens (tertiary/aromatic N) is 1. The Labute approximate surface area is 110 Å². The number of methoxy groups -OCH3 is 1. The van der Waals surface area contributed by atoms with Crippen LogP contribution in [0.4, 0.5) is 0 Å². The van der Waals surface area contributed by atoms with Crippen molar-refractivity contribution in [1.29, 1.82) is 0 Å². The minimum absolute atomic E-state index is 0.198. The van der Waals surface area contributed by atoms with E-state index in [9.17, 15) is 4.79 Å². The zero-order valence-corrected chi connectivity index (χ0v) is 12.4. The van der Waals surface area contributed by atoms with Crippen molar-refractivity contribution in [3.8, 4) is 0 Å². The van der Waals surface area contributed by atoms with E-state index in [1.807, 2.05) is 0 Å². The van der Waals surface area contributed by atoms with Gasteiger partial charge >= 0.3 is 5.97 Å². The van der Waals surface area contributed by atoms with Crippen molar-refractivity contribution in [2.45, 2.75) is 44.9 Å². The first-order valence-electron chi connectivity index (χ1n) is 6.37. The summed E-state index contributed by atoms with van der Waals surface area (Å²) in [5, 5.41) is 3.00. The quantitative estimate of drug-likeness (QED) is 0.750. The molecule has 1 N–H and O–H groups in total. The third-order valence-electron chi connectivity index (χ3n) is 3.04. The molecule has 0 aromatic rings. The summed E-state index contributed by atoms with van der Waals surface area (Å²) < 4.78 is 10.8. The van der Waals surface area contributed by atoms with Crippen LogP contribution in [0, 0.1) is 0 Å². The largest absolute Gasteiger partial charge is 0.468 e. The number of rotatable bonds is 4. The summed E-state index contributed by atoms with van der Waals surface area (Å²) in [6.07, 6.45) is 0. The van der Waals surface area contributed by atoms with Crippen LogP contribution in [0.25, 0.3) is 0 Å². The summed E-state index contributed by atoms with van der Waals surface area (Å²) >= 11 is 0. The highest BCUT2D eigenvalue weighted by molar-refractivity contribution is 5.75. The third-order valence-corrected chi connectivity index (χ3v) is 3.04. The second-order valence-electron chi connectivity index (χ2n) is 6.16. The molecule has 1 aliphatic rings. The fraction of sp³-hybridized carbons (Fsp3) is 0.923. The molecule has 0 aromatic carbocycles. The maximum Gasteiger partial charge on any atom is 0.324 e. The summed E-state index contributed by atoms with van der Waals surface area (Å²) in [4.78, 5) is 13.8. The van der Waals surface area contributed by atoms with Crippen LogP contribution in [0.1, 0.15) is 27.7 Å². The van der Waals surface area contributed by atoms with Gasteiger partial charge < -0.3 is 14.8 Å². The lowest BCUT2D eigenvalue weighted by molar-refractivity contribution is -0.182. The summed E-state index contributed by atoms with van der Waals surface area (Å²) in [5.41, 5.74) is -0.397. The van der Waals surface area contributed by atoms with Gasteiger partial charge in [0.25, 0.3) is 0 Å². The Bertz CT molecular complexity index is 287. The van der Waals surface area contributed by atoms with Gasteiger partial charge in [-0.15, -0.1) is 0 Å². The predicted octanol–water partition coefficient (Wildman–Crippen LogP) is 0.637. The van der Waals surface area contributed by atoms with Crippen molar-refractivity contribution in [2.24, 2.45) is 0 Å². The average molecular weight is 258 g/mol. The van der Waals surface area contributed by atoms with E-state index in [1.165, 1.54) is 7.11 Å². The van der Waals surface area contributed by atoms with Crippen LogP contribution in [0.3, 0.4) is 0 Å². The van der Waals surface area contributed by atoms with Crippen molar-refractivity contribution in [3.05, 3.63) is 0 Å². The van der Waals surface area contributed by atoms with Gasteiger partial charge in [-0.05, 0) is 34.7 Å². The molecule has 0 bridgehead atoms. The first-order valence-corrected chi connectivity index (χ1v) is 6.37. The molecule has 0 saturated carbocycles. The maximum atomic E-state index is 11.6. The molecule has 18 heavy (non-hydrogen) atoms. The number of likely N-dealkylation sites (N-methyl/N-ethyl adjacent to an activating group) is 1. The molecule has 1 atom stereocenters. The van der Waals surface area contributed by atoms with Crippen LogP contribution in [0.15, 0.2) is 0 Å². The zero-order chi connectivity index (χ0) is 14.0. The lowest BCUT2D eigenvalue weighted by atomic mass is 9.98. The zero-order valence-electron chi connectivity index (χ0n) is 12.4. The molecule has 0 spiro atoms. The highest BCUT2D eigenvalue weighted by Crippen LogP contribution is 2.27. The third kappa shape index (κ3) is 4.23. The van der Waals surface area contributed by atoms with Gasteiger partial charge in [0.05, 0.1) is 18.3 Å². The molecule has 1 aliphatic heterocycles. The van der Waals surface area contributed by atoms with Crippen molar-refractivity contribution >= 4 is 5.97 Å². The molecule has 0 amide bonds. The van der Waals surface area contributed by atoms with Gasteiger partial charge in [0.15, 0.2) is 0 Å². The number of morpholine rings is 1. The smallest absolute Gasteiger partial charge is 0.324 e. The van der Waals surface area contributed by atoms with Crippen molar-refractivity contribution in [3.63, 3.8) is 0 Å². The van der Waals surface area contributed by atoms with E-state index in [-0.39, 0.29) is 23.2 Å². The second kappa shape index (κ2) is 5.55. The Hall–Kier alpha value is -0.650. The Morgan fingerprint density at radius 1 is 1.33 bits per heavy atom. The van der Waals surface area contributed by atoms with Crippen LogP contribution in [-0.4, -0.2) is 61.9 Å². The SMILES string of the molecule is CNC(CN1CC(C)(C)OC(C)(C)C1)C(=O)OC. The van der Waals surface area contributed by atoms with Crippen molar-refractivity contribution in [1.82, 2.24) is 10.2 Å². The van der Waals surface area contributed by atoms with Crippen LogP contribution >= 0.6 is 0 Å². The minimum Gasteiger partial charge on any atom is -0.468 e. The fourth-order valence-corrected chi connectivity index (χ4v) is 2.76. The molecule has 106 valence electrons. The lowest BCUT2D eigenvalue weighted by Gasteiger charge is -2.47. The number of nitrogens with one attached hydrogen (secondary N) is 1. The maximum absolute atomic E-state index is 11.6. The predicted molar refractivity (Wildman–Crippen MR) is 70.5 cm³/mol. The van der Waals surface area contributed by atoms with Gasteiger partial charge in [0.1, 0.15) is 6.04 Å². The summed E-state index contributed by atoms with van der Waals surface area (Å²) in [7, 11) is 3.19. The van der Waals surface area contributed by atoms with E-state index < -0.39 is 0 Å². The first kappa shape index (κ1) is 15.4. The van der Waals surface area contributed by atoms with Gasteiger partial charge in [-0.25, -0.2) is 0 Å². The Kier molecular flexibility index (Phi) is 4.75. The topological polar surface area (TPSA) is 50.8 Å². The van der Waals surface area contributed by atoms with Crippen molar-refractivity contribution in [2.75, 3.05) is 33.8 Å². The molecule has 0 aromatic heterocycles. The molecular weight excluding hydrogens is 232 g/mol. The second-order valence-corrected chi connectivity index (χ2v) is 6.16. The van der Waals surface area contributed by atoms with E-state index in [1.54, 1.807) is 7.05 Å². The van der Waals surface area contributed by atoms with E-state index in [0.29, 0.717) is 6.54 Å². The normalized spacial score (nSPS) is 24.6. The Morgan fingerprint density at radius 3 is 2.22 bits per heavy atom. The van der Waals surface area contributed by atoms with E-state index in [2.05, 4.69) is 37.9 Å². The minimum atomic E-state index is -0.292. The summed E-state index contributed by atoms with van der Waals surface area (Å²) in [5.74, 6) is -0.223. The Balaban J connectivity index is 2.68. The first-order chi connectivity index (χ1) is 8.19. The number of hydrogen-bond donors (Lipinski definition) is 1. The molecule has 1 unspecified atom stereocenters. The van der Waals surface area contributed by atoms with Crippen LogP contribution in [0.2, 0.25) is 0 Å². The molecule has 5 nitrogen and oxygen atoms in total. The molecule has 1 fully saturated rings. The number of esters is 1. The van der Waals surface area contributed by atoms with E-state index in [4.69, 9.17) is 9.47 Å². The molecule has 1 heterocycles. The van der Waals surface area contributed by atoms with Gasteiger partial charge in [0.2, 0.25) is 0 Å². The molecular formula is C13H26N2O3. The Morgan fingerprint density at radius 2 is 1.83 bits per heavy atom. The van der Waals surface area contributed by atoms with Gasteiger partial charge in [-0.1, -0.05) is 0 Å². The molecule has 0 aliphatic carbocycles. The number of hydrogen-bond acceptors (Lipinski definition) is 5. The molecule has 0 radical (unpaired) electrons. The highest BCUT2D eigenvalue weighted by Gasteiger charge is 2.39. The standard InChI is InChI=1S/C13H26N2O3/c1-12(2)8-15(9-13(3,4)18-12)7-10(14-5)11(16)17-6/h10,14H,7-9H2,1-6H3. The van der Waals surface area contributed by atoms with Crippen LogP contribution < -0.4 is 5.32 Å².